The molecule has 0 radical (unpaired) electrons. The second-order valence-electron chi connectivity index (χ2n) is 3.75. The van der Waals surface area contributed by atoms with E-state index in [2.05, 4.69) is 25.9 Å². The lowest BCUT2D eigenvalue weighted by molar-refractivity contribution is 0.101. The number of aromatic nitrogens is 2. The van der Waals surface area contributed by atoms with Gasteiger partial charge < -0.3 is 0 Å². The number of rotatable bonds is 3. The molecule has 72 valence electrons. The molecule has 1 atom stereocenters. The highest BCUT2D eigenvalue weighted by Crippen LogP contribution is 2.15. The van der Waals surface area contributed by atoms with Gasteiger partial charge in [-0.1, -0.05) is 13.8 Å². The number of ketones is 1. The molecule has 3 nitrogen and oxygen atoms in total. The average Bonchev–Trinajstić information content (AvgIpc) is 2.50. The van der Waals surface area contributed by atoms with Crippen molar-refractivity contribution < 1.29 is 4.79 Å². The second kappa shape index (κ2) is 3.73. The van der Waals surface area contributed by atoms with E-state index >= 15 is 0 Å². The lowest BCUT2D eigenvalue weighted by Gasteiger charge is -2.15. The van der Waals surface area contributed by atoms with Crippen LogP contribution in [-0.4, -0.2) is 15.6 Å². The zero-order chi connectivity index (χ0) is 10.0. The van der Waals surface area contributed by atoms with Gasteiger partial charge in [0, 0.05) is 6.20 Å². The molecule has 0 aliphatic carbocycles. The SMILES string of the molecule is CC(=O)c1cnn(C(C)C(C)C)c1. The van der Waals surface area contributed by atoms with Crippen LogP contribution in [0.2, 0.25) is 0 Å². The zero-order valence-electron chi connectivity index (χ0n) is 8.61. The van der Waals surface area contributed by atoms with Crippen LogP contribution in [0.5, 0.6) is 0 Å². The van der Waals surface area contributed by atoms with E-state index in [0.29, 0.717) is 17.5 Å². The Hall–Kier alpha value is -1.12. The monoisotopic (exact) mass is 180 g/mol. The Morgan fingerprint density at radius 2 is 2.08 bits per heavy atom. The number of carbonyl (C=O) groups excluding carboxylic acids is 1. The minimum atomic E-state index is 0.0715. The summed E-state index contributed by atoms with van der Waals surface area (Å²) in [6.07, 6.45) is 3.44. The van der Waals surface area contributed by atoms with E-state index in [1.54, 1.807) is 13.1 Å². The predicted molar refractivity (Wildman–Crippen MR) is 51.8 cm³/mol. The molecule has 1 aromatic rings. The number of Topliss-reactive ketones (excluding diaryl/α,β-unsaturated/α-hetero) is 1. The number of hydrogen-bond donors (Lipinski definition) is 0. The van der Waals surface area contributed by atoms with Crippen molar-refractivity contribution in [3.63, 3.8) is 0 Å². The molecule has 0 aliphatic heterocycles. The van der Waals surface area contributed by atoms with Crippen molar-refractivity contribution in [2.75, 3.05) is 0 Å². The molecule has 1 aromatic heterocycles. The van der Waals surface area contributed by atoms with Crippen molar-refractivity contribution in [1.29, 1.82) is 0 Å². The van der Waals surface area contributed by atoms with Gasteiger partial charge in [0.05, 0.1) is 17.8 Å². The van der Waals surface area contributed by atoms with Crippen molar-refractivity contribution >= 4 is 5.78 Å². The first-order valence-corrected chi connectivity index (χ1v) is 4.57. The molecule has 0 spiro atoms. The fourth-order valence-electron chi connectivity index (χ4n) is 1.05. The molecule has 1 unspecified atom stereocenters. The normalized spacial score (nSPS) is 13.3. The Morgan fingerprint density at radius 3 is 2.46 bits per heavy atom. The van der Waals surface area contributed by atoms with Crippen molar-refractivity contribution in [2.24, 2.45) is 5.92 Å². The Balaban J connectivity index is 2.85. The summed E-state index contributed by atoms with van der Waals surface area (Å²) in [5, 5.41) is 4.15. The number of carbonyl (C=O) groups is 1. The average molecular weight is 180 g/mol. The highest BCUT2D eigenvalue weighted by molar-refractivity contribution is 5.93. The summed E-state index contributed by atoms with van der Waals surface area (Å²) in [5.41, 5.74) is 0.688. The van der Waals surface area contributed by atoms with E-state index < -0.39 is 0 Å². The maximum atomic E-state index is 11.0. The number of hydrogen-bond acceptors (Lipinski definition) is 2. The largest absolute Gasteiger partial charge is 0.294 e. The summed E-state index contributed by atoms with van der Waals surface area (Å²) in [5.74, 6) is 0.599. The van der Waals surface area contributed by atoms with Gasteiger partial charge in [0.1, 0.15) is 0 Å². The first-order chi connectivity index (χ1) is 6.02. The van der Waals surface area contributed by atoms with Crippen LogP contribution in [0, 0.1) is 5.92 Å². The lowest BCUT2D eigenvalue weighted by Crippen LogP contribution is -2.11. The first kappa shape index (κ1) is 9.96. The minimum absolute atomic E-state index is 0.0715. The molecule has 0 N–H and O–H groups in total. The van der Waals surface area contributed by atoms with Crippen LogP contribution in [0.3, 0.4) is 0 Å². The Morgan fingerprint density at radius 1 is 1.46 bits per heavy atom. The van der Waals surface area contributed by atoms with Gasteiger partial charge in [-0.2, -0.15) is 5.10 Å². The van der Waals surface area contributed by atoms with Gasteiger partial charge in [-0.3, -0.25) is 9.48 Å². The summed E-state index contributed by atoms with van der Waals surface area (Å²) in [4.78, 5) is 11.0. The second-order valence-corrected chi connectivity index (χ2v) is 3.75. The lowest BCUT2D eigenvalue weighted by atomic mass is 10.1. The molecule has 13 heavy (non-hydrogen) atoms. The van der Waals surface area contributed by atoms with Crippen LogP contribution in [0.4, 0.5) is 0 Å². The van der Waals surface area contributed by atoms with Crippen molar-refractivity contribution in [3.05, 3.63) is 18.0 Å². The van der Waals surface area contributed by atoms with E-state index in [1.807, 2.05) is 10.9 Å². The molecule has 0 saturated carbocycles. The van der Waals surface area contributed by atoms with Crippen molar-refractivity contribution in [2.45, 2.75) is 33.7 Å². The van der Waals surface area contributed by atoms with Crippen LogP contribution in [0.15, 0.2) is 12.4 Å². The fourth-order valence-corrected chi connectivity index (χ4v) is 1.05. The zero-order valence-corrected chi connectivity index (χ0v) is 8.61. The third kappa shape index (κ3) is 2.17. The van der Waals surface area contributed by atoms with Gasteiger partial charge >= 0.3 is 0 Å². The van der Waals surface area contributed by atoms with Crippen molar-refractivity contribution in [1.82, 2.24) is 9.78 Å². The molecule has 0 saturated heterocycles. The molecule has 0 aliphatic rings. The summed E-state index contributed by atoms with van der Waals surface area (Å²) >= 11 is 0. The van der Waals surface area contributed by atoms with E-state index in [0.717, 1.165) is 0 Å². The summed E-state index contributed by atoms with van der Waals surface area (Å²) in [6.45, 7) is 7.93. The Kier molecular flexibility index (Phi) is 2.86. The third-order valence-electron chi connectivity index (χ3n) is 2.39. The first-order valence-electron chi connectivity index (χ1n) is 4.57. The third-order valence-corrected chi connectivity index (χ3v) is 2.39. The van der Waals surface area contributed by atoms with Gasteiger partial charge in [0.25, 0.3) is 0 Å². The molecule has 0 aromatic carbocycles. The molecule has 0 bridgehead atoms. The standard InChI is InChI=1S/C10H16N2O/c1-7(2)8(3)12-6-10(5-11-12)9(4)13/h5-8H,1-4H3. The Bertz CT molecular complexity index is 302. The maximum Gasteiger partial charge on any atom is 0.162 e. The molecule has 0 amide bonds. The van der Waals surface area contributed by atoms with Gasteiger partial charge in [0.2, 0.25) is 0 Å². The molecular formula is C10H16N2O. The summed E-state index contributed by atoms with van der Waals surface area (Å²) in [6, 6.07) is 0.341. The van der Waals surface area contributed by atoms with Crippen LogP contribution in [-0.2, 0) is 0 Å². The van der Waals surface area contributed by atoms with E-state index in [9.17, 15) is 4.79 Å². The molecule has 0 fully saturated rings. The van der Waals surface area contributed by atoms with E-state index in [4.69, 9.17) is 0 Å². The molecular weight excluding hydrogens is 164 g/mol. The van der Waals surface area contributed by atoms with E-state index in [-0.39, 0.29) is 5.78 Å². The van der Waals surface area contributed by atoms with Gasteiger partial charge in [0.15, 0.2) is 5.78 Å². The fraction of sp³-hybridized carbons (Fsp3) is 0.600. The topological polar surface area (TPSA) is 34.9 Å². The van der Waals surface area contributed by atoms with Crippen LogP contribution in [0.25, 0.3) is 0 Å². The van der Waals surface area contributed by atoms with Gasteiger partial charge in [-0.25, -0.2) is 0 Å². The molecule has 1 rings (SSSR count). The van der Waals surface area contributed by atoms with Gasteiger partial charge in [-0.05, 0) is 19.8 Å². The highest BCUT2D eigenvalue weighted by atomic mass is 16.1. The van der Waals surface area contributed by atoms with Crippen LogP contribution < -0.4 is 0 Å². The maximum absolute atomic E-state index is 11.0. The summed E-state index contributed by atoms with van der Waals surface area (Å²) < 4.78 is 1.85. The Labute approximate surface area is 78.8 Å². The number of nitrogens with zero attached hydrogens (tertiary/aromatic N) is 2. The highest BCUT2D eigenvalue weighted by Gasteiger charge is 2.11. The molecule has 3 heteroatoms. The van der Waals surface area contributed by atoms with Crippen LogP contribution in [0.1, 0.15) is 44.1 Å². The smallest absolute Gasteiger partial charge is 0.162 e. The quantitative estimate of drug-likeness (QED) is 0.669. The van der Waals surface area contributed by atoms with Crippen LogP contribution >= 0.6 is 0 Å². The van der Waals surface area contributed by atoms with Crippen molar-refractivity contribution in [3.8, 4) is 0 Å². The predicted octanol–water partition coefficient (Wildman–Crippen LogP) is 2.30. The van der Waals surface area contributed by atoms with E-state index in [1.165, 1.54) is 0 Å². The minimum Gasteiger partial charge on any atom is -0.294 e. The molecule has 1 heterocycles. The van der Waals surface area contributed by atoms with Gasteiger partial charge in [-0.15, -0.1) is 0 Å². The summed E-state index contributed by atoms with van der Waals surface area (Å²) in [7, 11) is 0.